The molecule has 31 heavy (non-hydrogen) atoms. The Morgan fingerprint density at radius 3 is 2.74 bits per heavy atom. The van der Waals surface area contributed by atoms with Crippen LogP contribution in [0.15, 0.2) is 52.2 Å². The maximum atomic E-state index is 12.4. The molecule has 1 aromatic carbocycles. The van der Waals surface area contributed by atoms with Gasteiger partial charge in [-0.15, -0.1) is 21.5 Å². The van der Waals surface area contributed by atoms with Crippen LogP contribution in [0.5, 0.6) is 0 Å². The topological polar surface area (TPSA) is 70.1 Å². The van der Waals surface area contributed by atoms with E-state index in [0.29, 0.717) is 5.75 Å². The Kier molecular flexibility index (Phi) is 8.34. The van der Waals surface area contributed by atoms with Crippen molar-refractivity contribution in [3.05, 3.63) is 58.3 Å². The molecule has 0 spiro atoms. The fraction of sp³-hybridized carbons (Fsp3) is 0.409. The number of anilines is 1. The van der Waals surface area contributed by atoms with Crippen molar-refractivity contribution in [1.29, 1.82) is 0 Å². The SMILES string of the molecule is O=C(CSc1nnc(NCCc2cccs2)s1)NC1CCN(Cc2ccccc2)CC1. The van der Waals surface area contributed by atoms with Crippen LogP contribution in [-0.4, -0.2) is 52.4 Å². The van der Waals surface area contributed by atoms with Crippen molar-refractivity contribution in [2.75, 3.05) is 30.7 Å². The quantitative estimate of drug-likeness (QED) is 0.432. The number of hydrogen-bond donors (Lipinski definition) is 2. The van der Waals surface area contributed by atoms with Gasteiger partial charge in [-0.05, 0) is 36.3 Å². The molecule has 6 nitrogen and oxygen atoms in total. The molecule has 0 radical (unpaired) electrons. The van der Waals surface area contributed by atoms with Gasteiger partial charge in [0.1, 0.15) is 0 Å². The summed E-state index contributed by atoms with van der Waals surface area (Å²) in [5.74, 6) is 0.461. The highest BCUT2D eigenvalue weighted by atomic mass is 32.2. The monoisotopic (exact) mass is 473 g/mol. The second-order valence-electron chi connectivity index (χ2n) is 7.52. The zero-order valence-corrected chi connectivity index (χ0v) is 19.8. The normalized spacial score (nSPS) is 15.1. The number of rotatable bonds is 10. The van der Waals surface area contributed by atoms with Gasteiger partial charge in [0.25, 0.3) is 0 Å². The van der Waals surface area contributed by atoms with Crippen LogP contribution in [0.1, 0.15) is 23.3 Å². The molecular weight excluding hydrogens is 446 g/mol. The van der Waals surface area contributed by atoms with Crippen LogP contribution < -0.4 is 10.6 Å². The highest BCUT2D eigenvalue weighted by Gasteiger charge is 2.21. The van der Waals surface area contributed by atoms with E-state index in [4.69, 9.17) is 0 Å². The second-order valence-corrected chi connectivity index (χ2v) is 10.8. The van der Waals surface area contributed by atoms with Gasteiger partial charge in [-0.3, -0.25) is 9.69 Å². The molecule has 2 N–H and O–H groups in total. The second kappa shape index (κ2) is 11.6. The molecule has 1 saturated heterocycles. The van der Waals surface area contributed by atoms with Crippen molar-refractivity contribution in [3.63, 3.8) is 0 Å². The van der Waals surface area contributed by atoms with E-state index in [1.54, 1.807) is 11.3 Å². The summed E-state index contributed by atoms with van der Waals surface area (Å²) in [6, 6.07) is 15.0. The summed E-state index contributed by atoms with van der Waals surface area (Å²) in [6.45, 7) is 3.86. The van der Waals surface area contributed by atoms with E-state index in [0.717, 1.165) is 54.9 Å². The Labute approximate surface area is 195 Å². The summed E-state index contributed by atoms with van der Waals surface area (Å²) < 4.78 is 0.825. The summed E-state index contributed by atoms with van der Waals surface area (Å²) in [6.07, 6.45) is 2.98. The van der Waals surface area contributed by atoms with Crippen LogP contribution in [0.4, 0.5) is 5.13 Å². The summed E-state index contributed by atoms with van der Waals surface area (Å²) in [7, 11) is 0. The van der Waals surface area contributed by atoms with E-state index in [2.05, 4.69) is 73.6 Å². The molecule has 0 atom stereocenters. The molecule has 0 unspecified atom stereocenters. The first-order chi connectivity index (χ1) is 15.2. The Hall–Kier alpha value is -1.94. The van der Waals surface area contributed by atoms with Crippen LogP contribution in [0, 0.1) is 0 Å². The Morgan fingerprint density at radius 1 is 1.13 bits per heavy atom. The Bertz CT molecular complexity index is 924. The van der Waals surface area contributed by atoms with Gasteiger partial charge in [0.2, 0.25) is 11.0 Å². The van der Waals surface area contributed by atoms with Crippen LogP contribution in [0.3, 0.4) is 0 Å². The van der Waals surface area contributed by atoms with Crippen molar-refractivity contribution in [2.24, 2.45) is 0 Å². The summed E-state index contributed by atoms with van der Waals surface area (Å²) >= 11 is 4.73. The van der Waals surface area contributed by atoms with Gasteiger partial charge in [0.15, 0.2) is 4.34 Å². The van der Waals surface area contributed by atoms with Crippen LogP contribution in [0.2, 0.25) is 0 Å². The molecular formula is C22H27N5OS3. The van der Waals surface area contributed by atoms with E-state index in [1.807, 2.05) is 0 Å². The third kappa shape index (κ3) is 7.31. The molecule has 1 fully saturated rings. The van der Waals surface area contributed by atoms with Crippen molar-refractivity contribution in [1.82, 2.24) is 20.4 Å². The number of nitrogens with zero attached hydrogens (tertiary/aromatic N) is 3. The molecule has 1 aliphatic rings. The number of thiophene rings is 1. The third-order valence-electron chi connectivity index (χ3n) is 5.16. The zero-order valence-electron chi connectivity index (χ0n) is 17.3. The van der Waals surface area contributed by atoms with E-state index >= 15 is 0 Å². The van der Waals surface area contributed by atoms with Gasteiger partial charge >= 0.3 is 0 Å². The smallest absolute Gasteiger partial charge is 0.230 e. The van der Waals surface area contributed by atoms with Crippen LogP contribution in [0.25, 0.3) is 0 Å². The average Bonchev–Trinajstić information content (AvgIpc) is 3.47. The lowest BCUT2D eigenvalue weighted by Gasteiger charge is -2.32. The lowest BCUT2D eigenvalue weighted by molar-refractivity contribution is -0.119. The first kappa shape index (κ1) is 22.3. The van der Waals surface area contributed by atoms with Crippen molar-refractivity contribution in [3.8, 4) is 0 Å². The third-order valence-corrected chi connectivity index (χ3v) is 8.11. The van der Waals surface area contributed by atoms with Gasteiger partial charge < -0.3 is 10.6 Å². The Morgan fingerprint density at radius 2 is 1.97 bits per heavy atom. The van der Waals surface area contributed by atoms with Gasteiger partial charge in [-0.25, -0.2) is 0 Å². The number of thioether (sulfide) groups is 1. The van der Waals surface area contributed by atoms with Gasteiger partial charge in [-0.2, -0.15) is 0 Å². The maximum Gasteiger partial charge on any atom is 0.230 e. The highest BCUT2D eigenvalue weighted by Crippen LogP contribution is 2.25. The predicted octanol–water partition coefficient (Wildman–Crippen LogP) is 4.13. The maximum absolute atomic E-state index is 12.4. The van der Waals surface area contributed by atoms with Gasteiger partial charge in [-0.1, -0.05) is 59.5 Å². The molecule has 0 saturated carbocycles. The lowest BCUT2D eigenvalue weighted by atomic mass is 10.0. The molecule has 0 bridgehead atoms. The number of carbonyl (C=O) groups is 1. The minimum atomic E-state index is 0.0777. The number of amides is 1. The molecule has 1 aliphatic heterocycles. The van der Waals surface area contributed by atoms with Gasteiger partial charge in [0.05, 0.1) is 5.75 Å². The number of likely N-dealkylation sites (tertiary alicyclic amines) is 1. The molecule has 0 aliphatic carbocycles. The van der Waals surface area contributed by atoms with E-state index in [-0.39, 0.29) is 11.9 Å². The van der Waals surface area contributed by atoms with E-state index in [1.165, 1.54) is 33.5 Å². The predicted molar refractivity (Wildman–Crippen MR) is 130 cm³/mol. The summed E-state index contributed by atoms with van der Waals surface area (Å²) in [5.41, 5.74) is 1.35. The van der Waals surface area contributed by atoms with E-state index in [9.17, 15) is 4.79 Å². The molecule has 2 aromatic heterocycles. The highest BCUT2D eigenvalue weighted by molar-refractivity contribution is 8.01. The number of piperidine rings is 1. The lowest BCUT2D eigenvalue weighted by Crippen LogP contribution is -2.44. The van der Waals surface area contributed by atoms with E-state index < -0.39 is 0 Å². The van der Waals surface area contributed by atoms with Gasteiger partial charge in [0, 0.05) is 37.1 Å². The van der Waals surface area contributed by atoms with Crippen LogP contribution in [-0.2, 0) is 17.8 Å². The number of hydrogen-bond acceptors (Lipinski definition) is 8. The molecule has 9 heteroatoms. The molecule has 3 heterocycles. The zero-order chi connectivity index (χ0) is 21.3. The van der Waals surface area contributed by atoms with Crippen molar-refractivity contribution < 1.29 is 4.79 Å². The first-order valence-corrected chi connectivity index (χ1v) is 13.2. The molecule has 4 rings (SSSR count). The molecule has 3 aromatic rings. The van der Waals surface area contributed by atoms with Crippen LogP contribution >= 0.6 is 34.4 Å². The first-order valence-electron chi connectivity index (χ1n) is 10.5. The summed E-state index contributed by atoms with van der Waals surface area (Å²) in [5, 5.41) is 17.8. The average molecular weight is 474 g/mol. The molecule has 1 amide bonds. The minimum Gasteiger partial charge on any atom is -0.360 e. The Balaban J connectivity index is 1.11. The van der Waals surface area contributed by atoms with Crippen molar-refractivity contribution in [2.45, 2.75) is 36.2 Å². The molecule has 164 valence electrons. The number of nitrogens with one attached hydrogen (secondary N) is 2. The fourth-order valence-electron chi connectivity index (χ4n) is 3.56. The number of aromatic nitrogens is 2. The fourth-order valence-corrected chi connectivity index (χ4v) is 5.86. The minimum absolute atomic E-state index is 0.0777. The number of benzene rings is 1. The number of carbonyl (C=O) groups excluding carboxylic acids is 1. The summed E-state index contributed by atoms with van der Waals surface area (Å²) in [4.78, 5) is 16.2. The largest absolute Gasteiger partial charge is 0.360 e. The van der Waals surface area contributed by atoms with Crippen molar-refractivity contribution >= 4 is 45.5 Å². The standard InChI is InChI=1S/C22H27N5OS3/c28-20(24-18-9-12-27(13-10-18)15-17-5-2-1-3-6-17)16-30-22-26-25-21(31-22)23-11-8-19-7-4-14-29-19/h1-7,14,18H,8-13,15-16H2,(H,23,25)(H,24,28).